The third-order valence-corrected chi connectivity index (χ3v) is 3.15. The van der Waals surface area contributed by atoms with Crippen molar-refractivity contribution in [2.24, 2.45) is 0 Å². The van der Waals surface area contributed by atoms with Gasteiger partial charge in [0.2, 0.25) is 0 Å². The molecule has 0 fully saturated rings. The zero-order valence-corrected chi connectivity index (χ0v) is 20.3. The molecule has 1 aromatic carbocycles. The van der Waals surface area contributed by atoms with E-state index in [1.54, 1.807) is 13.8 Å². The molecule has 1 rings (SSSR count). The second-order valence-corrected chi connectivity index (χ2v) is 6.61. The zero-order chi connectivity index (χ0) is 26.2. The predicted molar refractivity (Wildman–Crippen MR) is 133 cm³/mol. The monoisotopic (exact) mass is 462 g/mol. The fourth-order valence-electron chi connectivity index (χ4n) is 1.28. The zero-order valence-electron chi connectivity index (χ0n) is 20.3. The van der Waals surface area contributed by atoms with Crippen LogP contribution in [0.3, 0.4) is 0 Å². The van der Waals surface area contributed by atoms with E-state index in [1.807, 2.05) is 36.4 Å². The maximum Gasteiger partial charge on any atom is 0.333 e. The summed E-state index contributed by atoms with van der Waals surface area (Å²) in [6.07, 6.45) is 3.81. The van der Waals surface area contributed by atoms with Crippen LogP contribution in [0.5, 0.6) is 0 Å². The number of aliphatic hydroxyl groups is 1. The molecule has 0 radical (unpaired) electrons. The first-order chi connectivity index (χ1) is 15.4. The van der Waals surface area contributed by atoms with Crippen LogP contribution in [0.4, 0.5) is 0 Å². The average molecular weight is 463 g/mol. The quantitative estimate of drug-likeness (QED) is 0.302. The highest BCUT2D eigenvalue weighted by atomic mass is 16.5. The second-order valence-electron chi connectivity index (χ2n) is 6.61. The Morgan fingerprint density at radius 2 is 1.30 bits per heavy atom. The number of carbonyl (C=O) groups excluding carboxylic acids is 2. The molecule has 7 heteroatoms. The second kappa shape index (κ2) is 23.2. The number of hydrogen-bond donors (Lipinski definition) is 2. The van der Waals surface area contributed by atoms with Crippen molar-refractivity contribution in [3.05, 3.63) is 78.9 Å². The molecule has 2 N–H and O–H groups in total. The highest BCUT2D eigenvalue weighted by Crippen LogP contribution is 1.97. The standard InChI is InChI=1S/C8H14O2.C8H8.C6H10O3.C4H6O2/c1-4-5-6-10-8(9)7(2)3;1-2-8-6-4-3-5-7-8;1-5(2)6(8)9-4-3-7;1-3(2)4(5)6/h2,4-6H2,1,3H3;2-7H,1H2;7H,1,3-4H2,2H3;1H2,2H3,(H,5,6). The summed E-state index contributed by atoms with van der Waals surface area (Å²) < 4.78 is 9.27. The van der Waals surface area contributed by atoms with Crippen molar-refractivity contribution in [3.8, 4) is 0 Å². The van der Waals surface area contributed by atoms with Gasteiger partial charge < -0.3 is 19.7 Å². The van der Waals surface area contributed by atoms with Gasteiger partial charge in [0, 0.05) is 16.7 Å². The van der Waals surface area contributed by atoms with Crippen molar-refractivity contribution in [1.82, 2.24) is 0 Å². The average Bonchev–Trinajstić information content (AvgIpc) is 2.79. The molecule has 0 saturated heterocycles. The topological polar surface area (TPSA) is 110 Å². The Morgan fingerprint density at radius 3 is 1.58 bits per heavy atom. The van der Waals surface area contributed by atoms with Crippen LogP contribution < -0.4 is 0 Å². The molecule has 33 heavy (non-hydrogen) atoms. The van der Waals surface area contributed by atoms with Gasteiger partial charge in [-0.05, 0) is 32.8 Å². The molecule has 0 saturated carbocycles. The van der Waals surface area contributed by atoms with Crippen LogP contribution in [-0.2, 0) is 23.9 Å². The van der Waals surface area contributed by atoms with E-state index < -0.39 is 11.9 Å². The number of benzene rings is 1. The predicted octanol–water partition coefficient (Wildman–Crippen LogP) is 4.98. The maximum absolute atomic E-state index is 10.7. The lowest BCUT2D eigenvalue weighted by molar-refractivity contribution is -0.140. The lowest BCUT2D eigenvalue weighted by Crippen LogP contribution is -2.08. The van der Waals surface area contributed by atoms with Crippen LogP contribution in [-0.4, -0.2) is 47.9 Å². The number of hydrogen-bond acceptors (Lipinski definition) is 6. The number of ether oxygens (including phenoxy) is 2. The van der Waals surface area contributed by atoms with Crippen LogP contribution in [0.15, 0.2) is 73.4 Å². The SMILES string of the molecule is C=C(C)C(=O)O.C=C(C)C(=O)OCCCC.C=C(C)C(=O)OCCO.C=Cc1ccccc1. The highest BCUT2D eigenvalue weighted by molar-refractivity contribution is 5.87. The number of unbranched alkanes of at least 4 members (excludes halogenated alkanes) is 1. The number of esters is 2. The molecule has 7 nitrogen and oxygen atoms in total. The highest BCUT2D eigenvalue weighted by Gasteiger charge is 2.00. The molecular formula is C26H38O7. The van der Waals surface area contributed by atoms with E-state index in [0.717, 1.165) is 12.8 Å². The van der Waals surface area contributed by atoms with Gasteiger partial charge in [-0.25, -0.2) is 14.4 Å². The number of aliphatic hydroxyl groups excluding tert-OH is 1. The number of aliphatic carboxylic acids is 1. The van der Waals surface area contributed by atoms with E-state index in [4.69, 9.17) is 14.9 Å². The summed E-state index contributed by atoms with van der Waals surface area (Å²) in [5, 5.41) is 16.1. The summed E-state index contributed by atoms with van der Waals surface area (Å²) in [4.78, 5) is 30.8. The van der Waals surface area contributed by atoms with E-state index in [9.17, 15) is 14.4 Å². The molecule has 0 spiro atoms. The lowest BCUT2D eigenvalue weighted by Gasteiger charge is -2.01. The fraction of sp³-hybridized carbons (Fsp3) is 0.346. The van der Waals surface area contributed by atoms with Gasteiger partial charge in [-0.3, -0.25) is 0 Å². The number of carbonyl (C=O) groups is 3. The normalized spacial score (nSPS) is 8.52. The van der Waals surface area contributed by atoms with Gasteiger partial charge in [0.1, 0.15) is 6.61 Å². The van der Waals surface area contributed by atoms with Crippen LogP contribution in [0, 0.1) is 0 Å². The van der Waals surface area contributed by atoms with Crippen LogP contribution in [0.1, 0.15) is 46.1 Å². The first-order valence-electron chi connectivity index (χ1n) is 10.3. The molecule has 0 aliphatic heterocycles. The van der Waals surface area contributed by atoms with Gasteiger partial charge in [0.15, 0.2) is 0 Å². The Bertz CT molecular complexity index is 737. The molecule has 0 bridgehead atoms. The van der Waals surface area contributed by atoms with Crippen molar-refractivity contribution in [2.45, 2.75) is 40.5 Å². The third-order valence-electron chi connectivity index (χ3n) is 3.15. The lowest BCUT2D eigenvalue weighted by atomic mass is 10.2. The summed E-state index contributed by atoms with van der Waals surface area (Å²) in [6, 6.07) is 10.0. The minimum atomic E-state index is -0.935. The van der Waals surface area contributed by atoms with E-state index in [0.29, 0.717) is 17.8 Å². The smallest absolute Gasteiger partial charge is 0.333 e. The van der Waals surface area contributed by atoms with Crippen molar-refractivity contribution in [2.75, 3.05) is 19.8 Å². The summed E-state index contributed by atoms with van der Waals surface area (Å²) in [5.74, 6) is -1.67. The van der Waals surface area contributed by atoms with Gasteiger partial charge >= 0.3 is 17.9 Å². The molecule has 184 valence electrons. The molecule has 0 aromatic heterocycles. The minimum Gasteiger partial charge on any atom is -0.478 e. The van der Waals surface area contributed by atoms with Crippen molar-refractivity contribution < 1.29 is 34.1 Å². The number of carboxylic acids is 1. The maximum atomic E-state index is 10.7. The number of rotatable bonds is 9. The molecule has 1 aromatic rings. The van der Waals surface area contributed by atoms with E-state index in [1.165, 1.54) is 12.5 Å². The van der Waals surface area contributed by atoms with Gasteiger partial charge in [-0.15, -0.1) is 0 Å². The Kier molecular flexibility index (Phi) is 24.0. The Balaban J connectivity index is -0.000000369. The summed E-state index contributed by atoms with van der Waals surface area (Å²) >= 11 is 0. The van der Waals surface area contributed by atoms with Crippen LogP contribution in [0.2, 0.25) is 0 Å². The van der Waals surface area contributed by atoms with Gasteiger partial charge in [-0.2, -0.15) is 0 Å². The first kappa shape index (κ1) is 34.2. The van der Waals surface area contributed by atoms with Crippen LogP contribution in [0.25, 0.3) is 6.08 Å². The summed E-state index contributed by atoms with van der Waals surface area (Å²) in [5.41, 5.74) is 2.17. The molecule has 0 unspecified atom stereocenters. The summed E-state index contributed by atoms with van der Waals surface area (Å²) in [7, 11) is 0. The van der Waals surface area contributed by atoms with E-state index in [2.05, 4.69) is 38.0 Å². The van der Waals surface area contributed by atoms with Crippen molar-refractivity contribution in [3.63, 3.8) is 0 Å². The van der Waals surface area contributed by atoms with E-state index in [-0.39, 0.29) is 24.8 Å². The first-order valence-corrected chi connectivity index (χ1v) is 10.3. The number of carboxylic acid groups (broad SMARTS) is 1. The molecule has 0 atom stereocenters. The molecule has 0 aliphatic carbocycles. The fourth-order valence-corrected chi connectivity index (χ4v) is 1.28. The van der Waals surface area contributed by atoms with Gasteiger partial charge in [-0.1, -0.05) is 76.1 Å². The molecule has 0 heterocycles. The van der Waals surface area contributed by atoms with Gasteiger partial charge in [0.25, 0.3) is 0 Å². The van der Waals surface area contributed by atoms with Crippen molar-refractivity contribution in [1.29, 1.82) is 0 Å². The Hall–Kier alpha value is -3.45. The van der Waals surface area contributed by atoms with Crippen LogP contribution >= 0.6 is 0 Å². The van der Waals surface area contributed by atoms with Crippen molar-refractivity contribution >= 4 is 24.0 Å². The largest absolute Gasteiger partial charge is 0.478 e. The summed E-state index contributed by atoms with van der Waals surface area (Å²) in [6.45, 7) is 20.7. The molecule has 0 aliphatic rings. The Morgan fingerprint density at radius 1 is 0.879 bits per heavy atom. The van der Waals surface area contributed by atoms with Gasteiger partial charge in [0.05, 0.1) is 13.2 Å². The molecular weight excluding hydrogens is 424 g/mol. The minimum absolute atomic E-state index is 0.0473. The van der Waals surface area contributed by atoms with E-state index >= 15 is 0 Å². The third kappa shape index (κ3) is 26.5. The molecule has 0 amide bonds. The Labute approximate surface area is 197 Å².